The van der Waals surface area contributed by atoms with Crippen LogP contribution < -0.4 is 15.0 Å². The third kappa shape index (κ3) is 5.51. The standard InChI is InChI=1S/C23H31N5O3/c1-17(2)25-23-24-8-6-21(26-23)28(10-3-9-27-11-14-30-15-12-27)22(29)19-4-5-20-18(16-19)7-13-31-20/h4-6,8,16-17H,3,7,9-15H2,1-2H3,(H,24,25,26). The third-order valence-corrected chi connectivity index (χ3v) is 5.48. The summed E-state index contributed by atoms with van der Waals surface area (Å²) >= 11 is 0. The van der Waals surface area contributed by atoms with Crippen LogP contribution in [0.1, 0.15) is 36.2 Å². The zero-order chi connectivity index (χ0) is 21.6. The van der Waals surface area contributed by atoms with Gasteiger partial charge in [-0.05, 0) is 50.1 Å². The minimum absolute atomic E-state index is 0.0501. The molecule has 1 fully saturated rings. The molecule has 0 bridgehead atoms. The number of hydrogen-bond acceptors (Lipinski definition) is 7. The molecule has 0 saturated carbocycles. The molecule has 0 spiro atoms. The molecule has 0 atom stereocenters. The van der Waals surface area contributed by atoms with Crippen LogP contribution in [0.3, 0.4) is 0 Å². The van der Waals surface area contributed by atoms with Crippen molar-refractivity contribution in [3.05, 3.63) is 41.6 Å². The smallest absolute Gasteiger partial charge is 0.259 e. The van der Waals surface area contributed by atoms with Crippen molar-refractivity contribution < 1.29 is 14.3 Å². The number of anilines is 2. The largest absolute Gasteiger partial charge is 0.493 e. The lowest BCUT2D eigenvalue weighted by Gasteiger charge is -2.28. The SMILES string of the molecule is CC(C)Nc1nccc(N(CCCN2CCOCC2)C(=O)c2ccc3c(c2)CCO3)n1. The average molecular weight is 426 g/mol. The first-order chi connectivity index (χ1) is 15.1. The highest BCUT2D eigenvalue weighted by molar-refractivity contribution is 6.05. The lowest BCUT2D eigenvalue weighted by atomic mass is 10.1. The van der Waals surface area contributed by atoms with Crippen LogP contribution in [0.15, 0.2) is 30.5 Å². The summed E-state index contributed by atoms with van der Waals surface area (Å²) in [4.78, 5) is 26.6. The fourth-order valence-corrected chi connectivity index (χ4v) is 3.90. The van der Waals surface area contributed by atoms with Crippen molar-refractivity contribution in [2.75, 3.05) is 56.2 Å². The van der Waals surface area contributed by atoms with E-state index in [1.165, 1.54) is 0 Å². The van der Waals surface area contributed by atoms with Crippen LogP contribution in [0.4, 0.5) is 11.8 Å². The number of nitrogens with one attached hydrogen (secondary N) is 1. The van der Waals surface area contributed by atoms with Crippen molar-refractivity contribution in [3.8, 4) is 5.75 Å². The third-order valence-electron chi connectivity index (χ3n) is 5.48. The molecule has 1 saturated heterocycles. The zero-order valence-corrected chi connectivity index (χ0v) is 18.3. The Morgan fingerprint density at radius 2 is 2.06 bits per heavy atom. The highest BCUT2D eigenvalue weighted by Crippen LogP contribution is 2.27. The Balaban J connectivity index is 1.53. The summed E-state index contributed by atoms with van der Waals surface area (Å²) in [6.45, 7) is 9.68. The van der Waals surface area contributed by atoms with E-state index in [2.05, 4.69) is 20.2 Å². The van der Waals surface area contributed by atoms with Gasteiger partial charge in [-0.1, -0.05) is 0 Å². The van der Waals surface area contributed by atoms with Gasteiger partial charge in [-0.3, -0.25) is 14.6 Å². The summed E-state index contributed by atoms with van der Waals surface area (Å²) in [6, 6.07) is 7.70. The molecule has 3 heterocycles. The number of hydrogen-bond donors (Lipinski definition) is 1. The molecule has 1 N–H and O–H groups in total. The molecule has 31 heavy (non-hydrogen) atoms. The average Bonchev–Trinajstić information content (AvgIpc) is 3.25. The number of carbonyl (C=O) groups is 1. The van der Waals surface area contributed by atoms with Crippen LogP contribution in [0.25, 0.3) is 0 Å². The van der Waals surface area contributed by atoms with Gasteiger partial charge in [0.1, 0.15) is 11.6 Å². The number of benzene rings is 1. The first-order valence-electron chi connectivity index (χ1n) is 11.1. The molecule has 4 rings (SSSR count). The Labute approximate surface area is 183 Å². The van der Waals surface area contributed by atoms with Crippen molar-refractivity contribution in [3.63, 3.8) is 0 Å². The van der Waals surface area contributed by atoms with Crippen LogP contribution >= 0.6 is 0 Å². The molecule has 2 aromatic rings. The first-order valence-corrected chi connectivity index (χ1v) is 11.1. The lowest BCUT2D eigenvalue weighted by Crippen LogP contribution is -2.39. The maximum atomic E-state index is 13.5. The van der Waals surface area contributed by atoms with E-state index in [0.29, 0.717) is 30.5 Å². The summed E-state index contributed by atoms with van der Waals surface area (Å²) in [5.41, 5.74) is 1.75. The van der Waals surface area contributed by atoms with Crippen molar-refractivity contribution in [2.45, 2.75) is 32.7 Å². The van der Waals surface area contributed by atoms with Gasteiger partial charge in [0, 0.05) is 50.4 Å². The van der Waals surface area contributed by atoms with Gasteiger partial charge in [0.25, 0.3) is 5.91 Å². The van der Waals surface area contributed by atoms with E-state index >= 15 is 0 Å². The van der Waals surface area contributed by atoms with E-state index in [-0.39, 0.29) is 11.9 Å². The zero-order valence-electron chi connectivity index (χ0n) is 18.3. The van der Waals surface area contributed by atoms with Gasteiger partial charge in [0.05, 0.1) is 19.8 Å². The van der Waals surface area contributed by atoms with Crippen LogP contribution in [0.5, 0.6) is 5.75 Å². The molecule has 8 nitrogen and oxygen atoms in total. The minimum Gasteiger partial charge on any atom is -0.493 e. The second-order valence-corrected chi connectivity index (χ2v) is 8.22. The highest BCUT2D eigenvalue weighted by atomic mass is 16.5. The van der Waals surface area contributed by atoms with Gasteiger partial charge < -0.3 is 14.8 Å². The van der Waals surface area contributed by atoms with Crippen LogP contribution in [-0.2, 0) is 11.2 Å². The van der Waals surface area contributed by atoms with Crippen LogP contribution in [0.2, 0.25) is 0 Å². The second-order valence-electron chi connectivity index (χ2n) is 8.22. The molecule has 2 aliphatic rings. The number of fused-ring (bicyclic) bond motifs is 1. The Hall–Kier alpha value is -2.71. The molecule has 0 radical (unpaired) electrons. The van der Waals surface area contributed by atoms with Gasteiger partial charge in [-0.15, -0.1) is 0 Å². The van der Waals surface area contributed by atoms with E-state index in [0.717, 1.165) is 57.0 Å². The molecular formula is C23H31N5O3. The Morgan fingerprint density at radius 3 is 2.87 bits per heavy atom. The first kappa shape index (κ1) is 21.5. The quantitative estimate of drug-likeness (QED) is 0.696. The number of ether oxygens (including phenoxy) is 2. The summed E-state index contributed by atoms with van der Waals surface area (Å²) in [5, 5.41) is 3.22. The van der Waals surface area contributed by atoms with Crippen molar-refractivity contribution in [2.24, 2.45) is 0 Å². The van der Waals surface area contributed by atoms with E-state index in [1.807, 2.05) is 32.0 Å². The van der Waals surface area contributed by atoms with E-state index in [4.69, 9.17) is 9.47 Å². The molecule has 8 heteroatoms. The summed E-state index contributed by atoms with van der Waals surface area (Å²) in [5.74, 6) is 1.97. The molecule has 1 aromatic heterocycles. The minimum atomic E-state index is -0.0501. The number of nitrogens with zero attached hydrogens (tertiary/aromatic N) is 4. The van der Waals surface area contributed by atoms with Gasteiger partial charge in [0.15, 0.2) is 0 Å². The number of aromatic nitrogens is 2. The van der Waals surface area contributed by atoms with Gasteiger partial charge >= 0.3 is 0 Å². The van der Waals surface area contributed by atoms with Crippen molar-refractivity contribution in [1.29, 1.82) is 0 Å². The monoisotopic (exact) mass is 425 g/mol. The van der Waals surface area contributed by atoms with Gasteiger partial charge in [0.2, 0.25) is 5.95 Å². The predicted octanol–water partition coefficient (Wildman–Crippen LogP) is 2.60. The summed E-state index contributed by atoms with van der Waals surface area (Å²) < 4.78 is 11.0. The van der Waals surface area contributed by atoms with Crippen molar-refractivity contribution in [1.82, 2.24) is 14.9 Å². The number of morpholine rings is 1. The molecule has 0 unspecified atom stereocenters. The second kappa shape index (κ2) is 10.1. The van der Waals surface area contributed by atoms with E-state index in [9.17, 15) is 4.79 Å². The maximum absolute atomic E-state index is 13.5. The summed E-state index contributed by atoms with van der Waals surface area (Å²) in [7, 11) is 0. The fourth-order valence-electron chi connectivity index (χ4n) is 3.90. The fraction of sp³-hybridized carbons (Fsp3) is 0.522. The summed E-state index contributed by atoms with van der Waals surface area (Å²) in [6.07, 6.45) is 3.39. The number of carbonyl (C=O) groups excluding carboxylic acids is 1. The Bertz CT molecular complexity index is 899. The van der Waals surface area contributed by atoms with Gasteiger partial charge in [-0.2, -0.15) is 4.98 Å². The predicted molar refractivity (Wildman–Crippen MR) is 120 cm³/mol. The number of amides is 1. The Kier molecular flexibility index (Phi) is 6.99. The molecule has 2 aliphatic heterocycles. The van der Waals surface area contributed by atoms with Crippen LogP contribution in [-0.4, -0.2) is 72.8 Å². The molecule has 1 aromatic carbocycles. The highest BCUT2D eigenvalue weighted by Gasteiger charge is 2.22. The Morgan fingerprint density at radius 1 is 1.23 bits per heavy atom. The molecular weight excluding hydrogens is 394 g/mol. The van der Waals surface area contributed by atoms with Crippen molar-refractivity contribution >= 4 is 17.7 Å². The molecule has 166 valence electrons. The topological polar surface area (TPSA) is 79.8 Å². The molecule has 1 amide bonds. The van der Waals surface area contributed by atoms with E-state index < -0.39 is 0 Å². The van der Waals surface area contributed by atoms with Crippen LogP contribution in [0, 0.1) is 0 Å². The molecule has 0 aliphatic carbocycles. The van der Waals surface area contributed by atoms with Gasteiger partial charge in [-0.25, -0.2) is 4.98 Å². The number of rotatable bonds is 8. The lowest BCUT2D eigenvalue weighted by molar-refractivity contribution is 0.0376. The maximum Gasteiger partial charge on any atom is 0.259 e. The normalized spacial score (nSPS) is 16.1. The van der Waals surface area contributed by atoms with E-state index in [1.54, 1.807) is 17.2 Å².